The molecule has 1 atom stereocenters. The fourth-order valence-corrected chi connectivity index (χ4v) is 3.10. The molecule has 2 aromatic carbocycles. The number of aromatic nitrogens is 2. The van der Waals surface area contributed by atoms with Gasteiger partial charge in [-0.25, -0.2) is 4.98 Å². The van der Waals surface area contributed by atoms with E-state index in [2.05, 4.69) is 35.3 Å². The number of hydrogen-bond acceptors (Lipinski definition) is 2. The van der Waals surface area contributed by atoms with Gasteiger partial charge in [0.25, 0.3) is 0 Å². The largest absolute Gasteiger partial charge is 0.287 e. The van der Waals surface area contributed by atoms with Crippen LogP contribution >= 0.6 is 0 Å². The minimum absolute atomic E-state index is 0.0973. The molecule has 0 fully saturated rings. The lowest BCUT2D eigenvalue weighted by Gasteiger charge is -2.09. The smallest absolute Gasteiger partial charge is 0.227 e. The standard InChI is InChI=1S/C21H17N2O/c24-21(17-7-2-1-3-8-17)15-23-13-12-22-20(14-23)19-11-10-16-6-4-5-9-18(16)19/h1-14,19H,15H2/q+1. The Balaban J connectivity index is 1.59. The Morgan fingerprint density at radius 2 is 1.83 bits per heavy atom. The first kappa shape index (κ1) is 14.5. The van der Waals surface area contributed by atoms with Crippen LogP contribution in [0.1, 0.15) is 33.1 Å². The van der Waals surface area contributed by atoms with Gasteiger partial charge in [0.15, 0.2) is 12.4 Å². The van der Waals surface area contributed by atoms with Gasteiger partial charge in [-0.05, 0) is 11.1 Å². The highest BCUT2D eigenvalue weighted by Gasteiger charge is 2.22. The van der Waals surface area contributed by atoms with Gasteiger partial charge in [0.05, 0.1) is 12.1 Å². The zero-order chi connectivity index (χ0) is 16.4. The number of fused-ring (bicyclic) bond motifs is 1. The summed E-state index contributed by atoms with van der Waals surface area (Å²) in [6.45, 7) is 0.317. The van der Waals surface area contributed by atoms with Crippen LogP contribution in [-0.2, 0) is 6.54 Å². The van der Waals surface area contributed by atoms with E-state index in [-0.39, 0.29) is 11.7 Å². The lowest BCUT2D eigenvalue weighted by molar-refractivity contribution is -0.684. The highest BCUT2D eigenvalue weighted by Crippen LogP contribution is 2.33. The van der Waals surface area contributed by atoms with E-state index < -0.39 is 0 Å². The molecule has 1 aromatic heterocycles. The van der Waals surface area contributed by atoms with Crippen molar-refractivity contribution in [1.82, 2.24) is 4.98 Å². The number of carbonyl (C=O) groups excluding carboxylic acids is 1. The summed E-state index contributed by atoms with van der Waals surface area (Å²) in [6.07, 6.45) is 9.87. The van der Waals surface area contributed by atoms with Crippen LogP contribution in [0.2, 0.25) is 0 Å². The molecule has 0 bridgehead atoms. The normalized spacial score (nSPS) is 15.2. The van der Waals surface area contributed by atoms with Gasteiger partial charge < -0.3 is 0 Å². The van der Waals surface area contributed by atoms with Crippen molar-refractivity contribution in [2.45, 2.75) is 12.5 Å². The van der Waals surface area contributed by atoms with E-state index in [0.29, 0.717) is 6.54 Å². The molecule has 0 saturated carbocycles. The highest BCUT2D eigenvalue weighted by molar-refractivity contribution is 5.94. The summed E-state index contributed by atoms with van der Waals surface area (Å²) in [7, 11) is 0. The Kier molecular flexibility index (Phi) is 3.75. The molecule has 1 aliphatic carbocycles. The average Bonchev–Trinajstić information content (AvgIpc) is 3.07. The van der Waals surface area contributed by atoms with Crippen molar-refractivity contribution in [2.24, 2.45) is 0 Å². The second kappa shape index (κ2) is 6.20. The van der Waals surface area contributed by atoms with Crippen molar-refractivity contribution in [1.29, 1.82) is 0 Å². The van der Waals surface area contributed by atoms with Crippen LogP contribution < -0.4 is 4.57 Å². The minimum atomic E-state index is 0.0973. The van der Waals surface area contributed by atoms with Crippen molar-refractivity contribution < 1.29 is 9.36 Å². The van der Waals surface area contributed by atoms with E-state index >= 15 is 0 Å². The van der Waals surface area contributed by atoms with Gasteiger partial charge in [-0.3, -0.25) is 4.79 Å². The maximum absolute atomic E-state index is 12.4. The summed E-state index contributed by atoms with van der Waals surface area (Å²) < 4.78 is 1.91. The van der Waals surface area contributed by atoms with Crippen LogP contribution in [-0.4, -0.2) is 10.8 Å². The summed E-state index contributed by atoms with van der Waals surface area (Å²) in [5.41, 5.74) is 4.19. The molecule has 3 aromatic rings. The summed E-state index contributed by atoms with van der Waals surface area (Å²) in [6, 6.07) is 17.7. The van der Waals surface area contributed by atoms with Gasteiger partial charge >= 0.3 is 0 Å². The zero-order valence-corrected chi connectivity index (χ0v) is 13.2. The topological polar surface area (TPSA) is 33.8 Å². The first-order valence-corrected chi connectivity index (χ1v) is 8.01. The van der Waals surface area contributed by atoms with E-state index in [9.17, 15) is 4.79 Å². The molecular formula is C21H17N2O+. The Labute approximate surface area is 140 Å². The second-order valence-electron chi connectivity index (χ2n) is 5.91. The number of nitrogens with zero attached hydrogens (tertiary/aromatic N) is 2. The number of carbonyl (C=O) groups is 1. The Hall–Kier alpha value is -3.07. The number of ketones is 1. The predicted molar refractivity (Wildman–Crippen MR) is 92.5 cm³/mol. The molecule has 3 heteroatoms. The molecule has 0 saturated heterocycles. The highest BCUT2D eigenvalue weighted by atomic mass is 16.1. The molecule has 0 N–H and O–H groups in total. The molecule has 0 aliphatic heterocycles. The van der Waals surface area contributed by atoms with Gasteiger partial charge in [-0.2, -0.15) is 4.57 Å². The van der Waals surface area contributed by atoms with E-state index in [0.717, 1.165) is 11.3 Å². The predicted octanol–water partition coefficient (Wildman–Crippen LogP) is 3.41. The molecule has 3 nitrogen and oxygen atoms in total. The van der Waals surface area contributed by atoms with Gasteiger partial charge in [-0.15, -0.1) is 0 Å². The summed E-state index contributed by atoms with van der Waals surface area (Å²) in [4.78, 5) is 16.9. The van der Waals surface area contributed by atoms with E-state index in [4.69, 9.17) is 0 Å². The van der Waals surface area contributed by atoms with E-state index in [1.165, 1.54) is 11.1 Å². The van der Waals surface area contributed by atoms with Crippen molar-refractivity contribution >= 4 is 11.9 Å². The molecule has 0 radical (unpaired) electrons. The molecule has 1 heterocycles. The first-order valence-electron chi connectivity index (χ1n) is 8.01. The van der Waals surface area contributed by atoms with E-state index in [1.807, 2.05) is 53.4 Å². The van der Waals surface area contributed by atoms with Gasteiger partial charge in [0.2, 0.25) is 12.3 Å². The Morgan fingerprint density at radius 1 is 1.04 bits per heavy atom. The fraction of sp³-hybridized carbons (Fsp3) is 0.0952. The Bertz CT molecular complexity index is 916. The maximum atomic E-state index is 12.4. The minimum Gasteiger partial charge on any atom is -0.287 e. The number of hydrogen-bond donors (Lipinski definition) is 0. The summed E-state index contributed by atoms with van der Waals surface area (Å²) in [5, 5.41) is 0. The molecule has 1 unspecified atom stereocenters. The molecule has 4 rings (SSSR count). The second-order valence-corrected chi connectivity index (χ2v) is 5.91. The van der Waals surface area contributed by atoms with Crippen LogP contribution in [0, 0.1) is 0 Å². The van der Waals surface area contributed by atoms with Crippen molar-refractivity contribution in [3.63, 3.8) is 0 Å². The van der Waals surface area contributed by atoms with E-state index in [1.54, 1.807) is 6.20 Å². The van der Waals surface area contributed by atoms with Gasteiger partial charge in [-0.1, -0.05) is 66.7 Å². The van der Waals surface area contributed by atoms with Crippen LogP contribution in [0.15, 0.2) is 79.3 Å². The third kappa shape index (κ3) is 2.76. The monoisotopic (exact) mass is 313 g/mol. The van der Waals surface area contributed by atoms with Crippen molar-refractivity contribution in [2.75, 3.05) is 0 Å². The van der Waals surface area contributed by atoms with Gasteiger partial charge in [0.1, 0.15) is 5.69 Å². The first-order chi connectivity index (χ1) is 11.8. The molecule has 0 spiro atoms. The number of benzene rings is 2. The zero-order valence-electron chi connectivity index (χ0n) is 13.2. The van der Waals surface area contributed by atoms with Crippen LogP contribution in [0.3, 0.4) is 0 Å². The number of Topliss-reactive ketones (excluding diaryl/α,β-unsaturated/α-hetero) is 1. The number of rotatable bonds is 4. The van der Waals surface area contributed by atoms with Crippen molar-refractivity contribution in [3.05, 3.63) is 102 Å². The average molecular weight is 313 g/mol. The lowest BCUT2D eigenvalue weighted by Crippen LogP contribution is -2.38. The quantitative estimate of drug-likeness (QED) is 0.546. The van der Waals surface area contributed by atoms with Crippen molar-refractivity contribution in [3.8, 4) is 0 Å². The summed E-state index contributed by atoms with van der Waals surface area (Å²) >= 11 is 0. The SMILES string of the molecule is O=C(C[n+]1ccnc(C2C=Cc3ccccc32)c1)c1ccccc1. The molecule has 1 aliphatic rings. The third-order valence-corrected chi connectivity index (χ3v) is 4.32. The number of allylic oxidation sites excluding steroid dienone is 1. The molecule has 116 valence electrons. The van der Waals surface area contributed by atoms with Crippen LogP contribution in [0.25, 0.3) is 6.08 Å². The Morgan fingerprint density at radius 3 is 2.71 bits per heavy atom. The third-order valence-electron chi connectivity index (χ3n) is 4.32. The fourth-order valence-electron chi connectivity index (χ4n) is 3.10. The molecular weight excluding hydrogens is 296 g/mol. The molecule has 24 heavy (non-hydrogen) atoms. The van der Waals surface area contributed by atoms with Gasteiger partial charge in [0, 0.05) is 5.56 Å². The lowest BCUT2D eigenvalue weighted by atomic mass is 9.98. The maximum Gasteiger partial charge on any atom is 0.227 e. The van der Waals surface area contributed by atoms with Crippen LogP contribution in [0.5, 0.6) is 0 Å². The summed E-state index contributed by atoms with van der Waals surface area (Å²) in [5.74, 6) is 0.251. The van der Waals surface area contributed by atoms with Crippen LogP contribution in [0.4, 0.5) is 0 Å². The molecule has 0 amide bonds.